The van der Waals surface area contributed by atoms with E-state index in [0.29, 0.717) is 17.9 Å². The number of carbonyl (C=O) groups excluding carboxylic acids is 1. The minimum absolute atomic E-state index is 0.220. The van der Waals surface area contributed by atoms with Gasteiger partial charge < -0.3 is 15.8 Å². The third kappa shape index (κ3) is 4.07. The van der Waals surface area contributed by atoms with Crippen molar-refractivity contribution < 1.29 is 9.53 Å². The molecule has 0 aromatic heterocycles. The molecule has 110 valence electrons. The van der Waals surface area contributed by atoms with Crippen molar-refractivity contribution in [2.24, 2.45) is 5.73 Å². The molecule has 3 N–H and O–H groups in total. The Balaban J connectivity index is 2.05. The summed E-state index contributed by atoms with van der Waals surface area (Å²) >= 11 is 0. The van der Waals surface area contributed by atoms with E-state index in [0.717, 1.165) is 11.1 Å². The summed E-state index contributed by atoms with van der Waals surface area (Å²) in [6.45, 7) is 1.96. The van der Waals surface area contributed by atoms with Gasteiger partial charge in [0.15, 0.2) is 0 Å². The Labute approximate surface area is 124 Å². The van der Waals surface area contributed by atoms with Gasteiger partial charge >= 0.3 is 0 Å². The monoisotopic (exact) mass is 284 g/mol. The quantitative estimate of drug-likeness (QED) is 0.886. The predicted octanol–water partition coefficient (Wildman–Crippen LogP) is 2.51. The Morgan fingerprint density at radius 3 is 2.62 bits per heavy atom. The Hall–Kier alpha value is -2.33. The highest BCUT2D eigenvalue weighted by Crippen LogP contribution is 2.25. The summed E-state index contributed by atoms with van der Waals surface area (Å²) in [5.74, 6) is 0.406. The van der Waals surface area contributed by atoms with Crippen LogP contribution in [0.2, 0.25) is 0 Å². The fourth-order valence-electron chi connectivity index (χ4n) is 2.11. The Kier molecular flexibility index (Phi) is 4.95. The van der Waals surface area contributed by atoms with Crippen molar-refractivity contribution >= 4 is 11.6 Å². The molecular formula is C17H20N2O2. The van der Waals surface area contributed by atoms with Crippen LogP contribution in [0.1, 0.15) is 11.1 Å². The van der Waals surface area contributed by atoms with Gasteiger partial charge in [-0.2, -0.15) is 0 Å². The average molecular weight is 284 g/mol. The topological polar surface area (TPSA) is 64.3 Å². The minimum atomic E-state index is -0.599. The van der Waals surface area contributed by atoms with Crippen molar-refractivity contribution in [1.29, 1.82) is 0 Å². The van der Waals surface area contributed by atoms with E-state index in [1.165, 1.54) is 0 Å². The van der Waals surface area contributed by atoms with E-state index in [9.17, 15) is 4.79 Å². The van der Waals surface area contributed by atoms with Gasteiger partial charge in [0.1, 0.15) is 5.75 Å². The maximum absolute atomic E-state index is 12.2. The predicted molar refractivity (Wildman–Crippen MR) is 84.5 cm³/mol. The van der Waals surface area contributed by atoms with E-state index in [-0.39, 0.29) is 5.91 Å². The summed E-state index contributed by atoms with van der Waals surface area (Å²) in [5, 5.41) is 2.83. The summed E-state index contributed by atoms with van der Waals surface area (Å²) in [4.78, 5) is 12.2. The highest BCUT2D eigenvalue weighted by atomic mass is 16.5. The lowest BCUT2D eigenvalue weighted by Gasteiger charge is -2.15. The van der Waals surface area contributed by atoms with Gasteiger partial charge in [-0.3, -0.25) is 4.79 Å². The SMILES string of the molecule is COc1ccc(C)cc1NC(=O)[C@@H](N)Cc1ccccc1. The van der Waals surface area contributed by atoms with Gasteiger partial charge in [-0.25, -0.2) is 0 Å². The van der Waals surface area contributed by atoms with Crippen LogP contribution < -0.4 is 15.8 Å². The standard InChI is InChI=1S/C17H20N2O2/c1-12-8-9-16(21-2)15(10-12)19-17(20)14(18)11-13-6-4-3-5-7-13/h3-10,14H,11,18H2,1-2H3,(H,19,20)/t14-/m0/s1. The van der Waals surface area contributed by atoms with Crippen molar-refractivity contribution in [3.05, 3.63) is 59.7 Å². The number of benzene rings is 2. The van der Waals surface area contributed by atoms with E-state index < -0.39 is 6.04 Å². The first-order valence-electron chi connectivity index (χ1n) is 6.85. The number of ether oxygens (including phenoxy) is 1. The first-order chi connectivity index (χ1) is 10.1. The zero-order valence-corrected chi connectivity index (χ0v) is 12.3. The number of nitrogens with two attached hydrogens (primary N) is 1. The Bertz CT molecular complexity index is 611. The maximum atomic E-state index is 12.2. The molecule has 21 heavy (non-hydrogen) atoms. The van der Waals surface area contributed by atoms with Crippen molar-refractivity contribution in [2.75, 3.05) is 12.4 Å². The molecule has 0 saturated heterocycles. The number of methoxy groups -OCH3 is 1. The number of aryl methyl sites for hydroxylation is 1. The molecule has 0 aliphatic carbocycles. The molecule has 0 spiro atoms. The molecule has 4 heteroatoms. The van der Waals surface area contributed by atoms with E-state index in [2.05, 4.69) is 5.32 Å². The lowest BCUT2D eigenvalue weighted by Crippen LogP contribution is -2.37. The van der Waals surface area contributed by atoms with E-state index in [1.807, 2.05) is 55.5 Å². The molecule has 2 rings (SSSR count). The molecule has 0 saturated carbocycles. The minimum Gasteiger partial charge on any atom is -0.495 e. The number of nitrogens with one attached hydrogen (secondary N) is 1. The number of amides is 1. The van der Waals surface area contributed by atoms with Crippen LogP contribution in [0.15, 0.2) is 48.5 Å². The van der Waals surface area contributed by atoms with Gasteiger partial charge in [0.25, 0.3) is 0 Å². The van der Waals surface area contributed by atoms with Crippen LogP contribution in [0.4, 0.5) is 5.69 Å². The van der Waals surface area contributed by atoms with Gasteiger partial charge in [-0.05, 0) is 36.6 Å². The third-order valence-corrected chi connectivity index (χ3v) is 3.25. The number of hydrogen-bond donors (Lipinski definition) is 2. The van der Waals surface area contributed by atoms with Crippen molar-refractivity contribution in [3.63, 3.8) is 0 Å². The first-order valence-corrected chi connectivity index (χ1v) is 6.85. The number of hydrogen-bond acceptors (Lipinski definition) is 3. The Morgan fingerprint density at radius 1 is 1.24 bits per heavy atom. The zero-order valence-electron chi connectivity index (χ0n) is 12.3. The van der Waals surface area contributed by atoms with Crippen LogP contribution in [0, 0.1) is 6.92 Å². The molecule has 4 nitrogen and oxygen atoms in total. The van der Waals surface area contributed by atoms with E-state index in [4.69, 9.17) is 10.5 Å². The molecule has 0 aliphatic heterocycles. The molecule has 0 fully saturated rings. The van der Waals surface area contributed by atoms with Gasteiger partial charge in [-0.15, -0.1) is 0 Å². The molecule has 0 radical (unpaired) electrons. The zero-order chi connectivity index (χ0) is 15.2. The summed E-state index contributed by atoms with van der Waals surface area (Å²) in [7, 11) is 1.57. The van der Waals surface area contributed by atoms with Gasteiger partial charge in [0.05, 0.1) is 18.8 Å². The highest BCUT2D eigenvalue weighted by molar-refractivity contribution is 5.96. The smallest absolute Gasteiger partial charge is 0.241 e. The van der Waals surface area contributed by atoms with Gasteiger partial charge in [0.2, 0.25) is 5.91 Å². The van der Waals surface area contributed by atoms with Crippen molar-refractivity contribution in [1.82, 2.24) is 0 Å². The molecule has 0 bridgehead atoms. The van der Waals surface area contributed by atoms with Crippen LogP contribution in [0.3, 0.4) is 0 Å². The van der Waals surface area contributed by atoms with Crippen LogP contribution in [-0.2, 0) is 11.2 Å². The third-order valence-electron chi connectivity index (χ3n) is 3.25. The normalized spacial score (nSPS) is 11.8. The number of anilines is 1. The van der Waals surface area contributed by atoms with Gasteiger partial charge in [-0.1, -0.05) is 36.4 Å². The molecular weight excluding hydrogens is 264 g/mol. The van der Waals surface area contributed by atoms with Crippen LogP contribution in [0.25, 0.3) is 0 Å². The van der Waals surface area contributed by atoms with E-state index >= 15 is 0 Å². The molecule has 2 aromatic carbocycles. The Morgan fingerprint density at radius 2 is 1.95 bits per heavy atom. The largest absolute Gasteiger partial charge is 0.495 e. The fourth-order valence-corrected chi connectivity index (χ4v) is 2.11. The summed E-state index contributed by atoms with van der Waals surface area (Å²) < 4.78 is 5.24. The van der Waals surface area contributed by atoms with Crippen LogP contribution in [0.5, 0.6) is 5.75 Å². The second-order valence-corrected chi connectivity index (χ2v) is 4.99. The first kappa shape index (κ1) is 15.1. The number of rotatable bonds is 5. The summed E-state index contributed by atoms with van der Waals surface area (Å²) in [6.07, 6.45) is 0.501. The van der Waals surface area contributed by atoms with Crippen LogP contribution in [-0.4, -0.2) is 19.1 Å². The second kappa shape index (κ2) is 6.90. The van der Waals surface area contributed by atoms with Crippen molar-refractivity contribution in [2.45, 2.75) is 19.4 Å². The maximum Gasteiger partial charge on any atom is 0.241 e. The lowest BCUT2D eigenvalue weighted by molar-refractivity contribution is -0.117. The summed E-state index contributed by atoms with van der Waals surface area (Å²) in [6, 6.07) is 14.7. The molecule has 1 atom stereocenters. The highest BCUT2D eigenvalue weighted by Gasteiger charge is 2.16. The molecule has 0 aliphatic rings. The molecule has 1 amide bonds. The van der Waals surface area contributed by atoms with Crippen LogP contribution >= 0.6 is 0 Å². The summed E-state index contributed by atoms with van der Waals surface area (Å²) in [5.41, 5.74) is 8.70. The second-order valence-electron chi connectivity index (χ2n) is 4.99. The van der Waals surface area contributed by atoms with Crippen molar-refractivity contribution in [3.8, 4) is 5.75 Å². The van der Waals surface area contributed by atoms with Gasteiger partial charge in [0, 0.05) is 0 Å². The molecule has 2 aromatic rings. The van der Waals surface area contributed by atoms with E-state index in [1.54, 1.807) is 7.11 Å². The fraction of sp³-hybridized carbons (Fsp3) is 0.235. The molecule has 0 heterocycles. The molecule has 0 unspecified atom stereocenters. The number of carbonyl (C=O) groups is 1. The average Bonchev–Trinajstić information content (AvgIpc) is 2.48. The lowest BCUT2D eigenvalue weighted by atomic mass is 10.1.